The molecule has 0 unspecified atom stereocenters. The number of alkyl halides is 3. The third-order valence-electron chi connectivity index (χ3n) is 3.62. The summed E-state index contributed by atoms with van der Waals surface area (Å²) >= 11 is 0. The van der Waals surface area contributed by atoms with Crippen LogP contribution in [0.2, 0.25) is 0 Å². The molecule has 110 valence electrons. The average molecular weight is 286 g/mol. The number of carbonyl (C=O) groups excluding carboxylic acids is 1. The number of nitrogens with one attached hydrogen (secondary N) is 1. The molecule has 0 radical (unpaired) electrons. The normalized spacial score (nSPS) is 23.4. The van der Waals surface area contributed by atoms with Gasteiger partial charge in [-0.1, -0.05) is 18.9 Å². The zero-order valence-corrected chi connectivity index (χ0v) is 11.2. The van der Waals surface area contributed by atoms with E-state index in [1.54, 1.807) is 19.1 Å². The number of amides is 1. The molecule has 1 aromatic rings. The molecule has 3 nitrogen and oxygen atoms in total. The van der Waals surface area contributed by atoms with Crippen molar-refractivity contribution in [3.63, 3.8) is 0 Å². The van der Waals surface area contributed by atoms with E-state index in [4.69, 9.17) is 0 Å². The van der Waals surface area contributed by atoms with Crippen LogP contribution in [0.1, 0.15) is 41.9 Å². The van der Waals surface area contributed by atoms with E-state index in [-0.39, 0.29) is 12.1 Å². The van der Waals surface area contributed by atoms with E-state index in [9.17, 15) is 18.0 Å². The molecule has 1 aromatic heterocycles. The van der Waals surface area contributed by atoms with Gasteiger partial charge in [0, 0.05) is 11.7 Å². The summed E-state index contributed by atoms with van der Waals surface area (Å²) in [7, 11) is 0. The van der Waals surface area contributed by atoms with E-state index in [0.29, 0.717) is 25.0 Å². The minimum Gasteiger partial charge on any atom is -0.347 e. The van der Waals surface area contributed by atoms with Crippen molar-refractivity contribution in [2.45, 2.75) is 44.8 Å². The molecule has 6 heteroatoms. The monoisotopic (exact) mass is 286 g/mol. The molecule has 20 heavy (non-hydrogen) atoms. The Morgan fingerprint density at radius 1 is 1.30 bits per heavy atom. The molecule has 1 fully saturated rings. The lowest BCUT2D eigenvalue weighted by molar-refractivity contribution is -0.187. The molecule has 0 aromatic carbocycles. The van der Waals surface area contributed by atoms with Crippen LogP contribution in [0.25, 0.3) is 0 Å². The summed E-state index contributed by atoms with van der Waals surface area (Å²) in [5, 5.41) is 2.50. The minimum absolute atomic E-state index is 0.0791. The number of aryl methyl sites for hydroxylation is 1. The molecule has 1 aliphatic carbocycles. The summed E-state index contributed by atoms with van der Waals surface area (Å²) < 4.78 is 38.8. The number of nitrogens with zero attached hydrogens (tertiary/aromatic N) is 1. The van der Waals surface area contributed by atoms with Crippen LogP contribution in [-0.2, 0) is 0 Å². The van der Waals surface area contributed by atoms with Crippen LogP contribution in [0.15, 0.2) is 18.2 Å². The zero-order chi connectivity index (χ0) is 14.8. The fourth-order valence-electron chi connectivity index (χ4n) is 2.61. The molecule has 0 saturated heterocycles. The van der Waals surface area contributed by atoms with Gasteiger partial charge in [-0.05, 0) is 31.9 Å². The summed E-state index contributed by atoms with van der Waals surface area (Å²) in [5.41, 5.74) is 0.824. The van der Waals surface area contributed by atoms with Crippen molar-refractivity contribution in [3.8, 4) is 0 Å². The fraction of sp³-hybridized carbons (Fsp3) is 0.571. The average Bonchev–Trinajstić information content (AvgIpc) is 2.38. The van der Waals surface area contributed by atoms with Crippen LogP contribution < -0.4 is 5.32 Å². The molecule has 1 heterocycles. The quantitative estimate of drug-likeness (QED) is 0.907. The third-order valence-corrected chi connectivity index (χ3v) is 3.62. The predicted molar refractivity (Wildman–Crippen MR) is 68.2 cm³/mol. The summed E-state index contributed by atoms with van der Waals surface area (Å²) in [6.45, 7) is 1.73. The van der Waals surface area contributed by atoms with Crippen LogP contribution in [0.3, 0.4) is 0 Å². The van der Waals surface area contributed by atoms with E-state index < -0.39 is 24.0 Å². The molecule has 2 atom stereocenters. The van der Waals surface area contributed by atoms with Crippen molar-refractivity contribution >= 4 is 5.91 Å². The van der Waals surface area contributed by atoms with Crippen LogP contribution in [0.4, 0.5) is 13.2 Å². The number of hydrogen-bond donors (Lipinski definition) is 1. The summed E-state index contributed by atoms with van der Waals surface area (Å²) in [5.74, 6) is -1.99. The Morgan fingerprint density at radius 3 is 2.65 bits per heavy atom. The first-order valence-corrected chi connectivity index (χ1v) is 6.69. The number of carbonyl (C=O) groups is 1. The maximum Gasteiger partial charge on any atom is 0.393 e. The highest BCUT2D eigenvalue weighted by Gasteiger charge is 2.46. The summed E-state index contributed by atoms with van der Waals surface area (Å²) in [4.78, 5) is 16.0. The van der Waals surface area contributed by atoms with E-state index >= 15 is 0 Å². The predicted octanol–water partition coefficient (Wildman–Crippen LogP) is 3.24. The van der Waals surface area contributed by atoms with Gasteiger partial charge in [-0.25, -0.2) is 4.98 Å². The van der Waals surface area contributed by atoms with E-state index in [2.05, 4.69) is 10.3 Å². The molecule has 0 aliphatic heterocycles. The van der Waals surface area contributed by atoms with Crippen LogP contribution >= 0.6 is 0 Å². The Bertz CT molecular complexity index is 488. The molecule has 1 N–H and O–H groups in total. The molecule has 1 amide bonds. The van der Waals surface area contributed by atoms with E-state index in [1.807, 2.05) is 0 Å². The Labute approximate surface area is 115 Å². The Hall–Kier alpha value is -1.59. The summed E-state index contributed by atoms with van der Waals surface area (Å²) in [6.07, 6.45) is -2.56. The second kappa shape index (κ2) is 5.81. The lowest BCUT2D eigenvalue weighted by Crippen LogP contribution is -2.47. The maximum atomic E-state index is 12.9. The van der Waals surface area contributed by atoms with Crippen LogP contribution in [0.5, 0.6) is 0 Å². The fourth-order valence-corrected chi connectivity index (χ4v) is 2.61. The number of aromatic nitrogens is 1. The van der Waals surface area contributed by atoms with Gasteiger partial charge >= 0.3 is 6.18 Å². The molecule has 0 spiro atoms. The first-order chi connectivity index (χ1) is 9.38. The van der Waals surface area contributed by atoms with Crippen molar-refractivity contribution in [1.82, 2.24) is 10.3 Å². The number of pyridine rings is 1. The van der Waals surface area contributed by atoms with E-state index in [0.717, 1.165) is 0 Å². The van der Waals surface area contributed by atoms with Crippen LogP contribution in [0, 0.1) is 12.8 Å². The molecule has 1 aliphatic rings. The molecule has 1 saturated carbocycles. The third kappa shape index (κ3) is 3.49. The Balaban J connectivity index is 2.09. The highest BCUT2D eigenvalue weighted by Crippen LogP contribution is 2.37. The minimum atomic E-state index is -4.27. The number of halogens is 3. The van der Waals surface area contributed by atoms with Gasteiger partial charge in [0.05, 0.1) is 5.92 Å². The lowest BCUT2D eigenvalue weighted by atomic mass is 9.84. The van der Waals surface area contributed by atoms with Gasteiger partial charge in [-0.2, -0.15) is 13.2 Å². The molecule has 0 bridgehead atoms. The van der Waals surface area contributed by atoms with Gasteiger partial charge < -0.3 is 5.32 Å². The second-order valence-corrected chi connectivity index (χ2v) is 5.18. The van der Waals surface area contributed by atoms with Gasteiger partial charge in [0.15, 0.2) is 0 Å². The smallest absolute Gasteiger partial charge is 0.347 e. The summed E-state index contributed by atoms with van der Waals surface area (Å²) in [6, 6.07) is 4.06. The van der Waals surface area contributed by atoms with Crippen molar-refractivity contribution in [1.29, 1.82) is 0 Å². The van der Waals surface area contributed by atoms with Crippen molar-refractivity contribution < 1.29 is 18.0 Å². The van der Waals surface area contributed by atoms with Crippen molar-refractivity contribution in [2.75, 3.05) is 0 Å². The SMILES string of the molecule is Cc1cccc(C(=O)N[C@H]2CCCC[C@H]2C(F)(F)F)n1. The first kappa shape index (κ1) is 14.8. The number of hydrogen-bond acceptors (Lipinski definition) is 2. The Kier molecular flexibility index (Phi) is 4.30. The largest absolute Gasteiger partial charge is 0.393 e. The topological polar surface area (TPSA) is 42.0 Å². The molecule has 2 rings (SSSR count). The standard InChI is InChI=1S/C14H17F3N2O/c1-9-5-4-8-12(18-9)13(20)19-11-7-3-2-6-10(11)14(15,16)17/h4-5,8,10-11H,2-3,6-7H2,1H3,(H,19,20)/t10-,11+/m1/s1. The van der Waals surface area contributed by atoms with E-state index in [1.165, 1.54) is 6.07 Å². The van der Waals surface area contributed by atoms with Crippen LogP contribution in [-0.4, -0.2) is 23.1 Å². The van der Waals surface area contributed by atoms with Gasteiger partial charge in [-0.15, -0.1) is 0 Å². The van der Waals surface area contributed by atoms with Gasteiger partial charge in [0.1, 0.15) is 5.69 Å². The first-order valence-electron chi connectivity index (χ1n) is 6.69. The highest BCUT2D eigenvalue weighted by atomic mass is 19.4. The van der Waals surface area contributed by atoms with Gasteiger partial charge in [0.25, 0.3) is 5.91 Å². The van der Waals surface area contributed by atoms with Gasteiger partial charge in [-0.3, -0.25) is 4.79 Å². The lowest BCUT2D eigenvalue weighted by Gasteiger charge is -2.33. The molecular formula is C14H17F3N2O. The van der Waals surface area contributed by atoms with Gasteiger partial charge in [0.2, 0.25) is 0 Å². The second-order valence-electron chi connectivity index (χ2n) is 5.18. The maximum absolute atomic E-state index is 12.9. The van der Waals surface area contributed by atoms with Crippen molar-refractivity contribution in [3.05, 3.63) is 29.6 Å². The highest BCUT2D eigenvalue weighted by molar-refractivity contribution is 5.92. The number of rotatable bonds is 2. The zero-order valence-electron chi connectivity index (χ0n) is 11.2. The Morgan fingerprint density at radius 2 is 2.00 bits per heavy atom. The molecular weight excluding hydrogens is 269 g/mol. The van der Waals surface area contributed by atoms with Crippen molar-refractivity contribution in [2.24, 2.45) is 5.92 Å².